The van der Waals surface area contributed by atoms with E-state index >= 15 is 0 Å². The number of nitrogens with zero attached hydrogens (tertiary/aromatic N) is 1. The van der Waals surface area contributed by atoms with Crippen molar-refractivity contribution in [2.24, 2.45) is 0 Å². The molecule has 130 valence electrons. The van der Waals surface area contributed by atoms with Crippen LogP contribution in [0, 0.1) is 5.82 Å². The van der Waals surface area contributed by atoms with Gasteiger partial charge in [-0.2, -0.15) is 0 Å². The van der Waals surface area contributed by atoms with Crippen molar-refractivity contribution < 1.29 is 23.8 Å². The molecule has 25 heavy (non-hydrogen) atoms. The second kappa shape index (κ2) is 7.21. The third-order valence-corrected chi connectivity index (χ3v) is 4.30. The highest BCUT2D eigenvalue weighted by Crippen LogP contribution is 2.32. The summed E-state index contributed by atoms with van der Waals surface area (Å²) in [6.07, 6.45) is -1.23. The minimum atomic E-state index is -1.23. The number of carbonyl (C=O) groups is 2. The molecule has 2 atom stereocenters. The van der Waals surface area contributed by atoms with Crippen molar-refractivity contribution in [1.82, 2.24) is 4.90 Å². The summed E-state index contributed by atoms with van der Waals surface area (Å²) in [6.45, 7) is -0.118. The highest BCUT2D eigenvalue weighted by Gasteiger charge is 2.41. The molecule has 1 fully saturated rings. The highest BCUT2D eigenvalue weighted by molar-refractivity contribution is 6.30. The van der Waals surface area contributed by atoms with Crippen molar-refractivity contribution >= 4 is 23.5 Å². The fourth-order valence-electron chi connectivity index (χ4n) is 2.85. The van der Waals surface area contributed by atoms with Gasteiger partial charge in [0.25, 0.3) is 0 Å². The van der Waals surface area contributed by atoms with Gasteiger partial charge in [-0.15, -0.1) is 0 Å². The van der Waals surface area contributed by atoms with Crippen LogP contribution in [0.3, 0.4) is 0 Å². The predicted octanol–water partition coefficient (Wildman–Crippen LogP) is 3.03. The lowest BCUT2D eigenvalue weighted by atomic mass is 9.97. The van der Waals surface area contributed by atoms with E-state index < -0.39 is 23.9 Å². The molecule has 0 saturated carbocycles. The lowest BCUT2D eigenvalue weighted by Gasteiger charge is -2.39. The Bertz CT molecular complexity index is 779. The van der Waals surface area contributed by atoms with Crippen molar-refractivity contribution in [2.75, 3.05) is 6.61 Å². The monoisotopic (exact) mass is 363 g/mol. The SMILES string of the molecule is O=C(O)[C@H]1OCC(=O)N(Cc2ccc(Cl)cc2)[C@@H]1c1ccc(F)cc1. The van der Waals surface area contributed by atoms with Gasteiger partial charge in [0.05, 0.1) is 6.04 Å². The van der Waals surface area contributed by atoms with Gasteiger partial charge in [-0.3, -0.25) is 4.79 Å². The Labute approximate surface area is 148 Å². The van der Waals surface area contributed by atoms with Crippen LogP contribution >= 0.6 is 11.6 Å². The minimum absolute atomic E-state index is 0.200. The number of morpholine rings is 1. The molecular formula is C18H15ClFNO4. The van der Waals surface area contributed by atoms with Gasteiger partial charge in [0.1, 0.15) is 12.4 Å². The summed E-state index contributed by atoms with van der Waals surface area (Å²) in [5.74, 6) is -1.95. The van der Waals surface area contributed by atoms with E-state index in [1.54, 1.807) is 24.3 Å². The van der Waals surface area contributed by atoms with Crippen LogP contribution in [0.4, 0.5) is 4.39 Å². The van der Waals surface area contributed by atoms with Crippen LogP contribution in [0.2, 0.25) is 5.02 Å². The molecule has 0 bridgehead atoms. The molecule has 1 aliphatic heterocycles. The first kappa shape index (κ1) is 17.4. The van der Waals surface area contributed by atoms with Crippen LogP contribution in [-0.2, 0) is 20.9 Å². The Hall–Kier alpha value is -2.44. The van der Waals surface area contributed by atoms with Crippen LogP contribution in [0.25, 0.3) is 0 Å². The van der Waals surface area contributed by atoms with Gasteiger partial charge in [0, 0.05) is 11.6 Å². The second-order valence-corrected chi connectivity index (χ2v) is 6.15. The van der Waals surface area contributed by atoms with Crippen LogP contribution in [-0.4, -0.2) is 34.6 Å². The standard InChI is InChI=1S/C18H15ClFNO4/c19-13-5-1-11(2-6-13)9-21-15(22)10-25-17(18(23)24)16(21)12-3-7-14(20)8-4-12/h1-8,16-17H,9-10H2,(H,23,24)/t16-,17+/m1/s1. The molecule has 0 aromatic heterocycles. The number of aliphatic carboxylic acids is 1. The third kappa shape index (κ3) is 3.81. The van der Waals surface area contributed by atoms with E-state index in [4.69, 9.17) is 16.3 Å². The molecule has 1 heterocycles. The van der Waals surface area contributed by atoms with Gasteiger partial charge in [0.15, 0.2) is 6.10 Å². The number of carboxylic acid groups (broad SMARTS) is 1. The van der Waals surface area contributed by atoms with Crippen LogP contribution in [0.5, 0.6) is 0 Å². The van der Waals surface area contributed by atoms with Crippen LogP contribution in [0.15, 0.2) is 48.5 Å². The van der Waals surface area contributed by atoms with Crippen molar-refractivity contribution in [2.45, 2.75) is 18.7 Å². The van der Waals surface area contributed by atoms with Gasteiger partial charge in [-0.05, 0) is 35.4 Å². The number of amides is 1. The first-order valence-electron chi connectivity index (χ1n) is 7.59. The van der Waals surface area contributed by atoms with E-state index in [2.05, 4.69) is 0 Å². The summed E-state index contributed by atoms with van der Waals surface area (Å²) in [7, 11) is 0. The molecule has 2 aromatic rings. The van der Waals surface area contributed by atoms with E-state index in [0.29, 0.717) is 10.6 Å². The minimum Gasteiger partial charge on any atom is -0.479 e. The zero-order valence-electron chi connectivity index (χ0n) is 13.1. The number of halogens is 2. The van der Waals surface area contributed by atoms with Gasteiger partial charge in [0.2, 0.25) is 5.91 Å². The van der Waals surface area contributed by atoms with Crippen molar-refractivity contribution in [3.05, 3.63) is 70.5 Å². The Morgan fingerprint density at radius 1 is 1.20 bits per heavy atom. The normalized spacial score (nSPS) is 20.6. The number of ether oxygens (including phenoxy) is 1. The zero-order chi connectivity index (χ0) is 18.0. The number of rotatable bonds is 4. The number of benzene rings is 2. The fraction of sp³-hybridized carbons (Fsp3) is 0.222. The lowest BCUT2D eigenvalue weighted by molar-refractivity contribution is -0.174. The molecule has 1 amide bonds. The van der Waals surface area contributed by atoms with E-state index in [-0.39, 0.29) is 19.1 Å². The summed E-state index contributed by atoms with van der Waals surface area (Å²) in [4.78, 5) is 25.4. The zero-order valence-corrected chi connectivity index (χ0v) is 13.8. The predicted molar refractivity (Wildman–Crippen MR) is 88.5 cm³/mol. The van der Waals surface area contributed by atoms with E-state index in [0.717, 1.165) is 5.56 Å². The molecule has 7 heteroatoms. The average molecular weight is 364 g/mol. The summed E-state index contributed by atoms with van der Waals surface area (Å²) in [5, 5.41) is 10.0. The smallest absolute Gasteiger partial charge is 0.335 e. The summed E-state index contributed by atoms with van der Waals surface area (Å²) in [5.41, 5.74) is 1.30. The molecule has 2 aromatic carbocycles. The largest absolute Gasteiger partial charge is 0.479 e. The molecular weight excluding hydrogens is 349 g/mol. The maximum Gasteiger partial charge on any atom is 0.335 e. The van der Waals surface area contributed by atoms with Crippen LogP contribution in [0.1, 0.15) is 17.2 Å². The van der Waals surface area contributed by atoms with Crippen molar-refractivity contribution in [3.63, 3.8) is 0 Å². The summed E-state index contributed by atoms with van der Waals surface area (Å²) in [6, 6.07) is 11.5. The second-order valence-electron chi connectivity index (χ2n) is 5.71. The quantitative estimate of drug-likeness (QED) is 0.906. The molecule has 0 spiro atoms. The Morgan fingerprint density at radius 2 is 1.84 bits per heavy atom. The molecule has 1 N–H and O–H groups in total. The third-order valence-electron chi connectivity index (χ3n) is 4.05. The first-order valence-corrected chi connectivity index (χ1v) is 7.97. The van der Waals surface area contributed by atoms with Crippen molar-refractivity contribution in [3.8, 4) is 0 Å². The Kier molecular flexibility index (Phi) is 5.01. The molecule has 1 saturated heterocycles. The van der Waals surface area contributed by atoms with E-state index in [1.807, 2.05) is 0 Å². The van der Waals surface area contributed by atoms with Gasteiger partial charge >= 0.3 is 5.97 Å². The maximum absolute atomic E-state index is 13.2. The molecule has 0 radical (unpaired) electrons. The van der Waals surface area contributed by atoms with Gasteiger partial charge in [-0.1, -0.05) is 35.9 Å². The number of carboxylic acids is 1. The molecule has 0 aliphatic carbocycles. The Balaban J connectivity index is 1.97. The summed E-state index contributed by atoms with van der Waals surface area (Å²) < 4.78 is 18.5. The molecule has 5 nitrogen and oxygen atoms in total. The first-order chi connectivity index (χ1) is 12.0. The van der Waals surface area contributed by atoms with Gasteiger partial charge < -0.3 is 14.7 Å². The Morgan fingerprint density at radius 3 is 2.44 bits per heavy atom. The average Bonchev–Trinajstić information content (AvgIpc) is 2.59. The maximum atomic E-state index is 13.2. The number of hydrogen-bond donors (Lipinski definition) is 1. The van der Waals surface area contributed by atoms with Crippen molar-refractivity contribution in [1.29, 1.82) is 0 Å². The molecule has 1 aliphatic rings. The van der Waals surface area contributed by atoms with Gasteiger partial charge in [-0.25, -0.2) is 9.18 Å². The lowest BCUT2D eigenvalue weighted by Crippen LogP contribution is -2.51. The molecule has 3 rings (SSSR count). The van der Waals surface area contributed by atoms with E-state index in [1.165, 1.54) is 29.2 Å². The number of carbonyl (C=O) groups excluding carboxylic acids is 1. The highest BCUT2D eigenvalue weighted by atomic mass is 35.5. The number of hydrogen-bond acceptors (Lipinski definition) is 3. The topological polar surface area (TPSA) is 66.8 Å². The fourth-order valence-corrected chi connectivity index (χ4v) is 2.97. The summed E-state index contributed by atoms with van der Waals surface area (Å²) >= 11 is 5.87. The van der Waals surface area contributed by atoms with E-state index in [9.17, 15) is 19.1 Å². The van der Waals surface area contributed by atoms with Crippen LogP contribution < -0.4 is 0 Å². The molecule has 0 unspecified atom stereocenters.